The molecule has 0 saturated carbocycles. The lowest BCUT2D eigenvalue weighted by molar-refractivity contribution is 0.163. The molecule has 15 heavy (non-hydrogen) atoms. The summed E-state index contributed by atoms with van der Waals surface area (Å²) in [6.07, 6.45) is 6.29. The van der Waals surface area contributed by atoms with Crippen LogP contribution in [0.25, 0.3) is 0 Å². The van der Waals surface area contributed by atoms with E-state index >= 15 is 0 Å². The monoisotopic (exact) mass is 208 g/mol. The van der Waals surface area contributed by atoms with Crippen LogP contribution >= 0.6 is 0 Å². The van der Waals surface area contributed by atoms with Crippen molar-refractivity contribution in [2.24, 2.45) is 12.8 Å². The standard InChI is InChI=1S/C11H20N4/c1-9(10-7-13-14(2)8-10)15-5-3-11(12)4-6-15/h7-9,11H,3-6,12H2,1-2H3. The highest BCUT2D eigenvalue weighted by molar-refractivity contribution is 5.09. The molecule has 0 amide bonds. The van der Waals surface area contributed by atoms with Crippen molar-refractivity contribution in [1.29, 1.82) is 0 Å². The van der Waals surface area contributed by atoms with Crippen LogP contribution in [0.1, 0.15) is 31.4 Å². The Kier molecular flexibility index (Phi) is 3.07. The maximum Gasteiger partial charge on any atom is 0.0537 e. The first-order valence-electron chi connectivity index (χ1n) is 5.65. The van der Waals surface area contributed by atoms with Gasteiger partial charge in [0.25, 0.3) is 0 Å². The first-order chi connectivity index (χ1) is 7.16. The molecule has 1 aliphatic rings. The van der Waals surface area contributed by atoms with Gasteiger partial charge in [0, 0.05) is 44.0 Å². The number of aryl methyl sites for hydroxylation is 1. The number of rotatable bonds is 2. The smallest absolute Gasteiger partial charge is 0.0537 e. The molecule has 0 aromatic carbocycles. The van der Waals surface area contributed by atoms with E-state index in [1.54, 1.807) is 0 Å². The van der Waals surface area contributed by atoms with E-state index < -0.39 is 0 Å². The van der Waals surface area contributed by atoms with E-state index in [1.165, 1.54) is 5.56 Å². The van der Waals surface area contributed by atoms with Crippen molar-refractivity contribution < 1.29 is 0 Å². The van der Waals surface area contributed by atoms with E-state index in [-0.39, 0.29) is 0 Å². The molecule has 2 N–H and O–H groups in total. The van der Waals surface area contributed by atoms with E-state index in [0.29, 0.717) is 12.1 Å². The second-order valence-corrected chi connectivity index (χ2v) is 4.50. The highest BCUT2D eigenvalue weighted by Gasteiger charge is 2.22. The molecule has 1 saturated heterocycles. The Morgan fingerprint density at radius 2 is 2.13 bits per heavy atom. The van der Waals surface area contributed by atoms with E-state index in [4.69, 9.17) is 5.73 Å². The predicted octanol–water partition coefficient (Wildman–Crippen LogP) is 0.904. The Balaban J connectivity index is 1.99. The highest BCUT2D eigenvalue weighted by atomic mass is 15.2. The van der Waals surface area contributed by atoms with Crippen LogP contribution in [0.3, 0.4) is 0 Å². The number of hydrogen-bond donors (Lipinski definition) is 1. The lowest BCUT2D eigenvalue weighted by Gasteiger charge is -2.34. The largest absolute Gasteiger partial charge is 0.328 e. The Morgan fingerprint density at radius 1 is 1.47 bits per heavy atom. The van der Waals surface area contributed by atoms with Crippen molar-refractivity contribution in [2.45, 2.75) is 31.8 Å². The zero-order valence-corrected chi connectivity index (χ0v) is 9.56. The maximum atomic E-state index is 5.90. The van der Waals surface area contributed by atoms with Crippen molar-refractivity contribution >= 4 is 0 Å². The van der Waals surface area contributed by atoms with Crippen LogP contribution < -0.4 is 5.73 Å². The van der Waals surface area contributed by atoms with Crippen LogP contribution in [-0.2, 0) is 7.05 Å². The van der Waals surface area contributed by atoms with Crippen LogP contribution in [-0.4, -0.2) is 33.8 Å². The van der Waals surface area contributed by atoms with Gasteiger partial charge in [0.2, 0.25) is 0 Å². The number of nitrogens with two attached hydrogens (primary N) is 1. The third-order valence-electron chi connectivity index (χ3n) is 3.33. The van der Waals surface area contributed by atoms with Gasteiger partial charge in [-0.25, -0.2) is 0 Å². The van der Waals surface area contributed by atoms with Crippen molar-refractivity contribution in [3.63, 3.8) is 0 Å². The molecule has 1 aliphatic heterocycles. The fraction of sp³-hybridized carbons (Fsp3) is 0.727. The maximum absolute atomic E-state index is 5.90. The number of likely N-dealkylation sites (tertiary alicyclic amines) is 1. The SMILES string of the molecule is CC(c1cnn(C)c1)N1CCC(N)CC1. The predicted molar refractivity (Wildman–Crippen MR) is 60.4 cm³/mol. The van der Waals surface area contributed by atoms with Gasteiger partial charge in [-0.05, 0) is 19.8 Å². The number of piperidine rings is 1. The van der Waals surface area contributed by atoms with Gasteiger partial charge in [-0.2, -0.15) is 5.10 Å². The number of hydrogen-bond acceptors (Lipinski definition) is 3. The summed E-state index contributed by atoms with van der Waals surface area (Å²) in [5.41, 5.74) is 7.20. The number of nitrogens with zero attached hydrogens (tertiary/aromatic N) is 3. The summed E-state index contributed by atoms with van der Waals surface area (Å²) < 4.78 is 1.86. The van der Waals surface area contributed by atoms with Crippen molar-refractivity contribution in [3.8, 4) is 0 Å². The van der Waals surface area contributed by atoms with Gasteiger partial charge >= 0.3 is 0 Å². The van der Waals surface area contributed by atoms with Gasteiger partial charge in [-0.1, -0.05) is 0 Å². The Labute approximate surface area is 91.1 Å². The Hall–Kier alpha value is -0.870. The number of aromatic nitrogens is 2. The molecule has 2 rings (SSSR count). The van der Waals surface area contributed by atoms with Gasteiger partial charge in [0.15, 0.2) is 0 Å². The molecule has 1 aromatic heterocycles. The van der Waals surface area contributed by atoms with Gasteiger partial charge in [-0.15, -0.1) is 0 Å². The summed E-state index contributed by atoms with van der Waals surface area (Å²) in [6, 6.07) is 0.869. The van der Waals surface area contributed by atoms with E-state index in [0.717, 1.165) is 25.9 Å². The quantitative estimate of drug-likeness (QED) is 0.785. The molecule has 0 bridgehead atoms. The van der Waals surface area contributed by atoms with Crippen LogP contribution in [0.15, 0.2) is 12.4 Å². The lowest BCUT2D eigenvalue weighted by Crippen LogP contribution is -2.40. The van der Waals surface area contributed by atoms with Crippen LogP contribution in [0.4, 0.5) is 0 Å². The molecule has 1 fully saturated rings. The van der Waals surface area contributed by atoms with Crippen LogP contribution in [0.2, 0.25) is 0 Å². The zero-order chi connectivity index (χ0) is 10.8. The molecular weight excluding hydrogens is 188 g/mol. The highest BCUT2D eigenvalue weighted by Crippen LogP contribution is 2.22. The minimum atomic E-state index is 0.405. The van der Waals surface area contributed by atoms with Crippen molar-refractivity contribution in [1.82, 2.24) is 14.7 Å². The fourth-order valence-electron chi connectivity index (χ4n) is 2.17. The van der Waals surface area contributed by atoms with Gasteiger partial charge < -0.3 is 5.73 Å². The molecule has 84 valence electrons. The molecule has 0 radical (unpaired) electrons. The first kappa shape index (κ1) is 10.6. The molecule has 1 aromatic rings. The molecule has 0 aliphatic carbocycles. The lowest BCUT2D eigenvalue weighted by atomic mass is 10.0. The minimum absolute atomic E-state index is 0.405. The van der Waals surface area contributed by atoms with Crippen LogP contribution in [0, 0.1) is 0 Å². The third kappa shape index (κ3) is 2.38. The third-order valence-corrected chi connectivity index (χ3v) is 3.33. The topological polar surface area (TPSA) is 47.1 Å². The van der Waals surface area contributed by atoms with Gasteiger partial charge in [0.05, 0.1) is 6.20 Å². The van der Waals surface area contributed by atoms with Gasteiger partial charge in [-0.3, -0.25) is 9.58 Å². The molecule has 4 nitrogen and oxygen atoms in total. The fourth-order valence-corrected chi connectivity index (χ4v) is 2.17. The summed E-state index contributed by atoms with van der Waals surface area (Å²) in [6.45, 7) is 4.46. The summed E-state index contributed by atoms with van der Waals surface area (Å²) in [5.74, 6) is 0. The normalized spacial score (nSPS) is 21.8. The van der Waals surface area contributed by atoms with Crippen molar-refractivity contribution in [3.05, 3.63) is 18.0 Å². The Bertz CT molecular complexity index is 312. The molecular formula is C11H20N4. The second-order valence-electron chi connectivity index (χ2n) is 4.50. The molecule has 4 heteroatoms. The summed E-state index contributed by atoms with van der Waals surface area (Å²) in [7, 11) is 1.96. The second kappa shape index (κ2) is 4.33. The molecule has 1 atom stereocenters. The average molecular weight is 208 g/mol. The van der Waals surface area contributed by atoms with Crippen molar-refractivity contribution in [2.75, 3.05) is 13.1 Å². The summed E-state index contributed by atoms with van der Waals surface area (Å²) in [5, 5.41) is 4.21. The summed E-state index contributed by atoms with van der Waals surface area (Å²) in [4.78, 5) is 2.49. The van der Waals surface area contributed by atoms with Crippen LogP contribution in [0.5, 0.6) is 0 Å². The van der Waals surface area contributed by atoms with Gasteiger partial charge in [0.1, 0.15) is 0 Å². The Morgan fingerprint density at radius 3 is 2.67 bits per heavy atom. The molecule has 2 heterocycles. The van der Waals surface area contributed by atoms with E-state index in [1.807, 2.05) is 17.9 Å². The first-order valence-corrected chi connectivity index (χ1v) is 5.65. The average Bonchev–Trinajstić information content (AvgIpc) is 2.65. The molecule has 0 spiro atoms. The van der Waals surface area contributed by atoms with E-state index in [9.17, 15) is 0 Å². The minimum Gasteiger partial charge on any atom is -0.328 e. The molecule has 1 unspecified atom stereocenters. The van der Waals surface area contributed by atoms with E-state index in [2.05, 4.69) is 23.1 Å². The zero-order valence-electron chi connectivity index (χ0n) is 9.56. The summed E-state index contributed by atoms with van der Waals surface area (Å²) >= 11 is 0.